The Morgan fingerprint density at radius 2 is 2.17 bits per heavy atom. The SMILES string of the molecule is Cc1cc(O)cc(F)c1[N+](=O)[O-]. The van der Waals surface area contributed by atoms with Gasteiger partial charge in [-0.3, -0.25) is 10.1 Å². The molecular formula is C7H6FNO3. The molecule has 64 valence electrons. The van der Waals surface area contributed by atoms with Crippen LogP contribution in [0.25, 0.3) is 0 Å². The second kappa shape index (κ2) is 2.77. The molecule has 1 rings (SSSR count). The van der Waals surface area contributed by atoms with E-state index in [-0.39, 0.29) is 11.3 Å². The number of aromatic hydroxyl groups is 1. The zero-order valence-corrected chi connectivity index (χ0v) is 6.24. The minimum atomic E-state index is -1.02. The summed E-state index contributed by atoms with van der Waals surface area (Å²) >= 11 is 0. The average Bonchev–Trinajstić information content (AvgIpc) is 1.82. The summed E-state index contributed by atoms with van der Waals surface area (Å²) in [6.45, 7) is 1.36. The van der Waals surface area contributed by atoms with E-state index in [0.717, 1.165) is 6.07 Å². The van der Waals surface area contributed by atoms with Gasteiger partial charge in [-0.05, 0) is 13.0 Å². The van der Waals surface area contributed by atoms with Gasteiger partial charge in [0.05, 0.1) is 4.92 Å². The number of aryl methyl sites for hydroxylation is 1. The van der Waals surface area contributed by atoms with Gasteiger partial charge in [0.1, 0.15) is 5.75 Å². The van der Waals surface area contributed by atoms with E-state index in [0.29, 0.717) is 6.07 Å². The van der Waals surface area contributed by atoms with Crippen LogP contribution in [0.1, 0.15) is 5.56 Å². The maximum Gasteiger partial charge on any atom is 0.307 e. The van der Waals surface area contributed by atoms with E-state index in [9.17, 15) is 14.5 Å². The number of benzene rings is 1. The van der Waals surface area contributed by atoms with Crippen LogP contribution in [0.2, 0.25) is 0 Å². The first-order valence-electron chi connectivity index (χ1n) is 3.16. The highest BCUT2D eigenvalue weighted by Gasteiger charge is 2.18. The molecule has 0 saturated heterocycles. The van der Waals surface area contributed by atoms with Crippen LogP contribution >= 0.6 is 0 Å². The van der Waals surface area contributed by atoms with Crippen molar-refractivity contribution in [2.24, 2.45) is 0 Å². The Kier molecular flexibility index (Phi) is 1.95. The van der Waals surface area contributed by atoms with Crippen molar-refractivity contribution in [1.82, 2.24) is 0 Å². The highest BCUT2D eigenvalue weighted by molar-refractivity contribution is 5.45. The van der Waals surface area contributed by atoms with Gasteiger partial charge in [-0.15, -0.1) is 0 Å². The number of nitro benzene ring substituents is 1. The molecule has 0 aliphatic carbocycles. The molecule has 12 heavy (non-hydrogen) atoms. The molecule has 0 heterocycles. The number of nitro groups is 1. The lowest BCUT2D eigenvalue weighted by atomic mass is 10.2. The highest BCUT2D eigenvalue weighted by atomic mass is 19.1. The molecule has 4 nitrogen and oxygen atoms in total. The number of phenols is 1. The van der Waals surface area contributed by atoms with Crippen molar-refractivity contribution in [3.05, 3.63) is 33.6 Å². The molecule has 0 bridgehead atoms. The van der Waals surface area contributed by atoms with Crippen LogP contribution in [0.4, 0.5) is 10.1 Å². The largest absolute Gasteiger partial charge is 0.508 e. The van der Waals surface area contributed by atoms with Gasteiger partial charge in [0, 0.05) is 11.6 Å². The molecule has 0 amide bonds. The maximum absolute atomic E-state index is 12.8. The second-order valence-corrected chi connectivity index (χ2v) is 2.35. The molecule has 0 fully saturated rings. The fraction of sp³-hybridized carbons (Fsp3) is 0.143. The van der Waals surface area contributed by atoms with Crippen molar-refractivity contribution in [2.75, 3.05) is 0 Å². The third kappa shape index (κ3) is 1.34. The fourth-order valence-electron chi connectivity index (χ4n) is 0.950. The van der Waals surface area contributed by atoms with Crippen molar-refractivity contribution >= 4 is 5.69 Å². The fourth-order valence-corrected chi connectivity index (χ4v) is 0.950. The summed E-state index contributed by atoms with van der Waals surface area (Å²) in [6.07, 6.45) is 0. The standard InChI is InChI=1S/C7H6FNO3/c1-4-2-5(10)3-6(8)7(4)9(11)12/h2-3,10H,1H3. The molecule has 0 unspecified atom stereocenters. The zero-order valence-electron chi connectivity index (χ0n) is 6.24. The summed E-state index contributed by atoms with van der Waals surface area (Å²) in [4.78, 5) is 9.42. The first kappa shape index (κ1) is 8.45. The Labute approximate surface area is 67.4 Å². The van der Waals surface area contributed by atoms with Crippen molar-refractivity contribution < 1.29 is 14.4 Å². The van der Waals surface area contributed by atoms with Crippen LogP contribution < -0.4 is 0 Å². The van der Waals surface area contributed by atoms with Gasteiger partial charge in [-0.25, -0.2) is 0 Å². The minimum Gasteiger partial charge on any atom is -0.508 e. The summed E-state index contributed by atoms with van der Waals surface area (Å²) < 4.78 is 12.8. The van der Waals surface area contributed by atoms with E-state index in [2.05, 4.69) is 0 Å². The molecule has 0 aromatic heterocycles. The van der Waals surface area contributed by atoms with Gasteiger partial charge in [-0.1, -0.05) is 0 Å². The number of halogens is 1. The smallest absolute Gasteiger partial charge is 0.307 e. The van der Waals surface area contributed by atoms with Gasteiger partial charge in [0.2, 0.25) is 5.82 Å². The second-order valence-electron chi connectivity index (χ2n) is 2.35. The minimum absolute atomic E-state index is 0.109. The molecule has 0 atom stereocenters. The average molecular weight is 171 g/mol. The molecule has 1 aromatic carbocycles. The van der Waals surface area contributed by atoms with Crippen LogP contribution in [-0.2, 0) is 0 Å². The predicted molar refractivity (Wildman–Crippen MR) is 39.5 cm³/mol. The number of hydrogen-bond donors (Lipinski definition) is 1. The third-order valence-electron chi connectivity index (χ3n) is 1.42. The Balaban J connectivity index is 3.38. The molecule has 0 aliphatic rings. The van der Waals surface area contributed by atoms with Gasteiger partial charge in [-0.2, -0.15) is 4.39 Å². The Bertz CT molecular complexity index is 314. The van der Waals surface area contributed by atoms with Crippen molar-refractivity contribution in [3.8, 4) is 5.75 Å². The molecule has 5 heteroatoms. The lowest BCUT2D eigenvalue weighted by Crippen LogP contribution is -1.95. The summed E-state index contributed by atoms with van der Waals surface area (Å²) in [5, 5.41) is 19.1. The predicted octanol–water partition coefficient (Wildman–Crippen LogP) is 1.75. The number of rotatable bonds is 1. The van der Waals surface area contributed by atoms with Crippen LogP contribution in [0.5, 0.6) is 5.75 Å². The van der Waals surface area contributed by atoms with E-state index >= 15 is 0 Å². The Morgan fingerprint density at radius 1 is 1.58 bits per heavy atom. The van der Waals surface area contributed by atoms with Gasteiger partial charge < -0.3 is 5.11 Å². The van der Waals surface area contributed by atoms with E-state index in [1.807, 2.05) is 0 Å². The third-order valence-corrected chi connectivity index (χ3v) is 1.42. The zero-order chi connectivity index (χ0) is 9.30. The van der Waals surface area contributed by atoms with Crippen LogP contribution in [0.3, 0.4) is 0 Å². The van der Waals surface area contributed by atoms with Gasteiger partial charge in [0.25, 0.3) is 0 Å². The molecule has 0 aliphatic heterocycles. The van der Waals surface area contributed by atoms with Crippen LogP contribution in [0, 0.1) is 22.9 Å². The first-order chi connectivity index (χ1) is 5.52. The Morgan fingerprint density at radius 3 is 2.58 bits per heavy atom. The lowest BCUT2D eigenvalue weighted by molar-refractivity contribution is -0.388. The van der Waals surface area contributed by atoms with E-state index < -0.39 is 16.4 Å². The topological polar surface area (TPSA) is 63.4 Å². The molecule has 1 aromatic rings. The van der Waals surface area contributed by atoms with Crippen LogP contribution in [0.15, 0.2) is 12.1 Å². The summed E-state index contributed by atoms with van der Waals surface area (Å²) in [5.41, 5.74) is -0.481. The summed E-state index contributed by atoms with van der Waals surface area (Å²) in [5.74, 6) is -1.33. The maximum atomic E-state index is 12.8. The summed E-state index contributed by atoms with van der Waals surface area (Å²) in [6, 6.07) is 1.85. The number of hydrogen-bond acceptors (Lipinski definition) is 3. The molecule has 0 radical (unpaired) electrons. The van der Waals surface area contributed by atoms with Crippen molar-refractivity contribution in [1.29, 1.82) is 0 Å². The molecular weight excluding hydrogens is 165 g/mol. The molecule has 1 N–H and O–H groups in total. The van der Waals surface area contributed by atoms with Crippen molar-refractivity contribution in [2.45, 2.75) is 6.92 Å². The van der Waals surface area contributed by atoms with E-state index in [4.69, 9.17) is 5.11 Å². The molecule has 0 spiro atoms. The van der Waals surface area contributed by atoms with Crippen molar-refractivity contribution in [3.63, 3.8) is 0 Å². The number of nitrogens with zero attached hydrogens (tertiary/aromatic N) is 1. The quantitative estimate of drug-likeness (QED) is 0.517. The summed E-state index contributed by atoms with van der Waals surface area (Å²) in [7, 11) is 0. The normalized spacial score (nSPS) is 9.83. The number of phenolic OH excluding ortho intramolecular Hbond substituents is 1. The van der Waals surface area contributed by atoms with Crippen LogP contribution in [-0.4, -0.2) is 10.0 Å². The monoisotopic (exact) mass is 171 g/mol. The van der Waals surface area contributed by atoms with Gasteiger partial charge >= 0.3 is 5.69 Å². The highest BCUT2D eigenvalue weighted by Crippen LogP contribution is 2.26. The lowest BCUT2D eigenvalue weighted by Gasteiger charge is -1.98. The Hall–Kier alpha value is -1.65. The van der Waals surface area contributed by atoms with E-state index in [1.54, 1.807) is 0 Å². The molecule has 0 saturated carbocycles. The first-order valence-corrected chi connectivity index (χ1v) is 3.16. The van der Waals surface area contributed by atoms with Gasteiger partial charge in [0.15, 0.2) is 0 Å². The van der Waals surface area contributed by atoms with E-state index in [1.165, 1.54) is 6.92 Å².